The Kier molecular flexibility index (Phi) is 5.70. The van der Waals surface area contributed by atoms with Gasteiger partial charge in [0.25, 0.3) is 5.91 Å². The van der Waals surface area contributed by atoms with Gasteiger partial charge >= 0.3 is 0 Å². The fourth-order valence-corrected chi connectivity index (χ4v) is 2.94. The first-order valence-electron chi connectivity index (χ1n) is 6.84. The molecule has 2 rings (SSSR count). The largest absolute Gasteiger partial charge is 0.484 e. The van der Waals surface area contributed by atoms with E-state index >= 15 is 0 Å². The molecule has 0 aromatic heterocycles. The van der Waals surface area contributed by atoms with Crippen molar-refractivity contribution in [2.75, 3.05) is 18.5 Å². The van der Waals surface area contributed by atoms with Crippen LogP contribution in [0.15, 0.2) is 30.3 Å². The number of hydrogen-bond acceptors (Lipinski definition) is 2. The van der Waals surface area contributed by atoms with Crippen molar-refractivity contribution in [3.05, 3.63) is 30.3 Å². The molecule has 1 aromatic rings. The zero-order chi connectivity index (χ0) is 13.5. The maximum Gasteiger partial charge on any atom is 0.260 e. The summed E-state index contributed by atoms with van der Waals surface area (Å²) < 4.78 is 5.55. The molecule has 3 nitrogen and oxygen atoms in total. The second-order valence-electron chi connectivity index (χ2n) is 4.82. The van der Waals surface area contributed by atoms with Gasteiger partial charge in [-0.25, -0.2) is 0 Å². The van der Waals surface area contributed by atoms with E-state index in [1.54, 1.807) is 0 Å². The predicted molar refractivity (Wildman–Crippen MR) is 79.7 cm³/mol. The number of para-hydroxylation sites is 1. The molecule has 1 aromatic carbocycles. The quantitative estimate of drug-likeness (QED) is 0.751. The van der Waals surface area contributed by atoms with Crippen LogP contribution in [-0.4, -0.2) is 35.3 Å². The number of carbonyl (C=O) groups is 1. The molecular weight excluding hydrogens is 306 g/mol. The van der Waals surface area contributed by atoms with Crippen LogP contribution in [0.3, 0.4) is 0 Å². The van der Waals surface area contributed by atoms with E-state index in [9.17, 15) is 4.79 Å². The first-order chi connectivity index (χ1) is 9.31. The van der Waals surface area contributed by atoms with E-state index in [1.165, 1.54) is 12.8 Å². The van der Waals surface area contributed by atoms with E-state index in [2.05, 4.69) is 15.9 Å². The highest BCUT2D eigenvalue weighted by atomic mass is 79.9. The molecule has 1 aliphatic rings. The second kappa shape index (κ2) is 7.53. The summed E-state index contributed by atoms with van der Waals surface area (Å²) in [4.78, 5) is 14.3. The fraction of sp³-hybridized carbons (Fsp3) is 0.533. The lowest BCUT2D eigenvalue weighted by atomic mass is 10.2. The Morgan fingerprint density at radius 1 is 1.26 bits per heavy atom. The minimum absolute atomic E-state index is 0.0928. The molecule has 0 unspecified atom stereocenters. The van der Waals surface area contributed by atoms with Gasteiger partial charge in [-0.3, -0.25) is 4.79 Å². The molecule has 0 saturated heterocycles. The molecule has 4 heteroatoms. The standard InChI is InChI=1S/C15H20BrNO2/c16-10-11-17(13-6-4-5-7-13)15(18)12-19-14-8-2-1-3-9-14/h1-3,8-9,13H,4-7,10-12H2. The van der Waals surface area contributed by atoms with Crippen molar-refractivity contribution in [1.29, 1.82) is 0 Å². The lowest BCUT2D eigenvalue weighted by Gasteiger charge is -2.28. The number of amides is 1. The monoisotopic (exact) mass is 325 g/mol. The lowest BCUT2D eigenvalue weighted by molar-refractivity contribution is -0.135. The second-order valence-corrected chi connectivity index (χ2v) is 5.61. The fourth-order valence-electron chi connectivity index (χ4n) is 2.56. The van der Waals surface area contributed by atoms with Gasteiger partial charge in [-0.05, 0) is 25.0 Å². The van der Waals surface area contributed by atoms with Crippen molar-refractivity contribution < 1.29 is 9.53 Å². The summed E-state index contributed by atoms with van der Waals surface area (Å²) in [6.07, 6.45) is 4.72. The minimum Gasteiger partial charge on any atom is -0.484 e. The predicted octanol–water partition coefficient (Wildman–Crippen LogP) is 3.23. The number of hydrogen-bond donors (Lipinski definition) is 0. The number of ether oxygens (including phenoxy) is 1. The SMILES string of the molecule is O=C(COc1ccccc1)N(CCBr)C1CCCC1. The molecule has 0 bridgehead atoms. The van der Waals surface area contributed by atoms with E-state index in [0.717, 1.165) is 30.5 Å². The zero-order valence-corrected chi connectivity index (χ0v) is 12.6. The molecule has 1 fully saturated rings. The highest BCUT2D eigenvalue weighted by molar-refractivity contribution is 9.09. The number of benzene rings is 1. The number of alkyl halides is 1. The van der Waals surface area contributed by atoms with E-state index in [-0.39, 0.29) is 12.5 Å². The summed E-state index contributed by atoms with van der Waals surface area (Å²) in [5.41, 5.74) is 0. The van der Waals surface area contributed by atoms with Crippen LogP contribution in [0, 0.1) is 0 Å². The van der Waals surface area contributed by atoms with E-state index < -0.39 is 0 Å². The summed E-state index contributed by atoms with van der Waals surface area (Å²) in [7, 11) is 0. The molecule has 0 aliphatic heterocycles. The third kappa shape index (κ3) is 4.23. The molecule has 0 N–H and O–H groups in total. The van der Waals surface area contributed by atoms with Crippen LogP contribution in [0.25, 0.3) is 0 Å². The van der Waals surface area contributed by atoms with Crippen molar-refractivity contribution >= 4 is 21.8 Å². The average molecular weight is 326 g/mol. The van der Waals surface area contributed by atoms with Crippen LogP contribution < -0.4 is 4.74 Å². The Balaban J connectivity index is 1.88. The Labute approximate surface area is 123 Å². The molecule has 0 heterocycles. The molecule has 0 radical (unpaired) electrons. The van der Waals surface area contributed by atoms with Gasteiger partial charge in [0, 0.05) is 17.9 Å². The van der Waals surface area contributed by atoms with Crippen molar-refractivity contribution in [1.82, 2.24) is 4.90 Å². The molecule has 0 atom stereocenters. The summed E-state index contributed by atoms with van der Waals surface area (Å²) in [6, 6.07) is 9.91. The number of rotatable bonds is 6. The molecule has 1 amide bonds. The maximum atomic E-state index is 12.3. The molecule has 0 spiro atoms. The first-order valence-corrected chi connectivity index (χ1v) is 7.96. The van der Waals surface area contributed by atoms with Gasteiger partial charge in [-0.1, -0.05) is 47.0 Å². The van der Waals surface area contributed by atoms with Gasteiger partial charge in [0.1, 0.15) is 5.75 Å². The summed E-state index contributed by atoms with van der Waals surface area (Å²) >= 11 is 3.43. The Morgan fingerprint density at radius 2 is 1.95 bits per heavy atom. The zero-order valence-electron chi connectivity index (χ0n) is 11.1. The third-order valence-corrected chi connectivity index (χ3v) is 3.87. The van der Waals surface area contributed by atoms with Gasteiger partial charge in [0.15, 0.2) is 6.61 Å². The number of halogens is 1. The van der Waals surface area contributed by atoms with Gasteiger partial charge in [0.2, 0.25) is 0 Å². The summed E-state index contributed by atoms with van der Waals surface area (Å²) in [6.45, 7) is 0.898. The minimum atomic E-state index is 0.0928. The van der Waals surface area contributed by atoms with Crippen molar-refractivity contribution in [2.45, 2.75) is 31.7 Å². The van der Waals surface area contributed by atoms with Crippen LogP contribution in [-0.2, 0) is 4.79 Å². The van der Waals surface area contributed by atoms with Crippen LogP contribution in [0.2, 0.25) is 0 Å². The van der Waals surface area contributed by atoms with Crippen molar-refractivity contribution in [3.8, 4) is 5.75 Å². The Hall–Kier alpha value is -1.03. The van der Waals surface area contributed by atoms with Crippen LogP contribution in [0.1, 0.15) is 25.7 Å². The Morgan fingerprint density at radius 3 is 2.58 bits per heavy atom. The lowest BCUT2D eigenvalue weighted by Crippen LogP contribution is -2.42. The number of nitrogens with zero attached hydrogens (tertiary/aromatic N) is 1. The first kappa shape index (κ1) is 14.4. The normalized spacial score (nSPS) is 15.4. The average Bonchev–Trinajstić information content (AvgIpc) is 2.97. The van der Waals surface area contributed by atoms with E-state index in [1.807, 2.05) is 35.2 Å². The van der Waals surface area contributed by atoms with Crippen LogP contribution in [0.4, 0.5) is 0 Å². The van der Waals surface area contributed by atoms with Crippen LogP contribution >= 0.6 is 15.9 Å². The smallest absolute Gasteiger partial charge is 0.260 e. The maximum absolute atomic E-state index is 12.3. The third-order valence-electron chi connectivity index (χ3n) is 3.52. The summed E-state index contributed by atoms with van der Waals surface area (Å²) in [5.74, 6) is 0.844. The topological polar surface area (TPSA) is 29.5 Å². The Bertz CT molecular complexity index is 390. The van der Waals surface area contributed by atoms with Gasteiger partial charge in [0.05, 0.1) is 0 Å². The molecule has 104 valence electrons. The highest BCUT2D eigenvalue weighted by Gasteiger charge is 2.26. The molecule has 1 aliphatic carbocycles. The van der Waals surface area contributed by atoms with Crippen LogP contribution in [0.5, 0.6) is 5.75 Å². The van der Waals surface area contributed by atoms with Crippen molar-refractivity contribution in [2.24, 2.45) is 0 Å². The highest BCUT2D eigenvalue weighted by Crippen LogP contribution is 2.23. The van der Waals surface area contributed by atoms with Gasteiger partial charge < -0.3 is 9.64 Å². The number of carbonyl (C=O) groups excluding carboxylic acids is 1. The van der Waals surface area contributed by atoms with Gasteiger partial charge in [-0.15, -0.1) is 0 Å². The van der Waals surface area contributed by atoms with E-state index in [0.29, 0.717) is 6.04 Å². The molecular formula is C15H20BrNO2. The van der Waals surface area contributed by atoms with Gasteiger partial charge in [-0.2, -0.15) is 0 Å². The van der Waals surface area contributed by atoms with Crippen molar-refractivity contribution in [3.63, 3.8) is 0 Å². The summed E-state index contributed by atoms with van der Waals surface area (Å²) in [5, 5.41) is 0.820. The molecule has 1 saturated carbocycles. The van der Waals surface area contributed by atoms with E-state index in [4.69, 9.17) is 4.74 Å². The molecule has 19 heavy (non-hydrogen) atoms.